The van der Waals surface area contributed by atoms with Crippen molar-refractivity contribution in [2.45, 2.75) is 71.1 Å². The molecular weight excluding hydrogens is 252 g/mol. The lowest BCUT2D eigenvalue weighted by Gasteiger charge is -2.33. The van der Waals surface area contributed by atoms with E-state index in [1.165, 1.54) is 0 Å². The zero-order chi connectivity index (χ0) is 15.0. The highest BCUT2D eigenvalue weighted by molar-refractivity contribution is 5.73. The predicted molar refractivity (Wildman–Crippen MR) is 80.6 cm³/mol. The number of likely N-dealkylation sites (tertiary alicyclic amines) is 1. The van der Waals surface area contributed by atoms with Crippen LogP contribution in [0.2, 0.25) is 0 Å². The van der Waals surface area contributed by atoms with Crippen molar-refractivity contribution in [2.24, 2.45) is 5.92 Å². The quantitative estimate of drug-likeness (QED) is 0.862. The molecule has 0 saturated carbocycles. The molecular formula is C16H30N2O2. The monoisotopic (exact) mass is 282 g/mol. The van der Waals surface area contributed by atoms with Crippen molar-refractivity contribution in [2.75, 3.05) is 19.6 Å². The van der Waals surface area contributed by atoms with Gasteiger partial charge in [-0.2, -0.15) is 0 Å². The summed E-state index contributed by atoms with van der Waals surface area (Å²) in [5.74, 6) is 0.897. The molecule has 0 radical (unpaired) electrons. The molecule has 2 aliphatic heterocycles. The third-order valence-electron chi connectivity index (χ3n) is 4.79. The minimum Gasteiger partial charge on any atom is -0.368 e. The first-order valence-corrected chi connectivity index (χ1v) is 7.89. The topological polar surface area (TPSA) is 41.6 Å². The van der Waals surface area contributed by atoms with Crippen molar-refractivity contribution in [1.82, 2.24) is 10.2 Å². The SMILES string of the molecule is CC(=O)N1CCC(CNC2CC(C)(C)OC2(C)C)CC1. The summed E-state index contributed by atoms with van der Waals surface area (Å²) >= 11 is 0. The number of ether oxygens (including phenoxy) is 1. The Morgan fingerprint density at radius 2 is 1.85 bits per heavy atom. The molecule has 116 valence electrons. The maximum Gasteiger partial charge on any atom is 0.219 e. The second-order valence-corrected chi connectivity index (χ2v) is 7.58. The summed E-state index contributed by atoms with van der Waals surface area (Å²) in [4.78, 5) is 13.3. The first kappa shape index (κ1) is 15.8. The van der Waals surface area contributed by atoms with Gasteiger partial charge >= 0.3 is 0 Å². The second-order valence-electron chi connectivity index (χ2n) is 7.58. The molecule has 1 amide bonds. The minimum absolute atomic E-state index is 0.0286. The zero-order valence-corrected chi connectivity index (χ0v) is 13.7. The Balaban J connectivity index is 1.78. The van der Waals surface area contributed by atoms with E-state index in [0.29, 0.717) is 12.0 Å². The Kier molecular flexibility index (Phi) is 4.45. The van der Waals surface area contributed by atoms with Crippen LogP contribution in [0.1, 0.15) is 53.9 Å². The third-order valence-corrected chi connectivity index (χ3v) is 4.79. The Morgan fingerprint density at radius 1 is 1.25 bits per heavy atom. The number of hydrogen-bond acceptors (Lipinski definition) is 3. The van der Waals surface area contributed by atoms with Gasteiger partial charge in [0.25, 0.3) is 0 Å². The maximum absolute atomic E-state index is 11.3. The molecule has 2 saturated heterocycles. The highest BCUT2D eigenvalue weighted by atomic mass is 16.5. The molecule has 20 heavy (non-hydrogen) atoms. The molecule has 0 aliphatic carbocycles. The van der Waals surface area contributed by atoms with E-state index in [2.05, 4.69) is 33.0 Å². The van der Waals surface area contributed by atoms with Crippen LogP contribution in [0.4, 0.5) is 0 Å². The molecule has 1 N–H and O–H groups in total. The van der Waals surface area contributed by atoms with Gasteiger partial charge < -0.3 is 15.0 Å². The molecule has 4 nitrogen and oxygen atoms in total. The predicted octanol–water partition coefficient (Wildman–Crippen LogP) is 2.18. The van der Waals surface area contributed by atoms with Crippen LogP contribution < -0.4 is 5.32 Å². The lowest BCUT2D eigenvalue weighted by atomic mass is 9.92. The van der Waals surface area contributed by atoms with E-state index in [9.17, 15) is 4.79 Å². The summed E-state index contributed by atoms with van der Waals surface area (Å²) in [6.07, 6.45) is 3.29. The van der Waals surface area contributed by atoms with Gasteiger partial charge in [0.05, 0.1) is 11.2 Å². The van der Waals surface area contributed by atoms with Crippen LogP contribution in [0.15, 0.2) is 0 Å². The second kappa shape index (κ2) is 5.64. The van der Waals surface area contributed by atoms with Crippen molar-refractivity contribution in [3.63, 3.8) is 0 Å². The molecule has 0 aromatic heterocycles. The van der Waals surface area contributed by atoms with Crippen LogP contribution in [-0.4, -0.2) is 47.7 Å². The minimum atomic E-state index is -0.0937. The van der Waals surface area contributed by atoms with Crippen molar-refractivity contribution in [3.05, 3.63) is 0 Å². The third kappa shape index (κ3) is 3.73. The van der Waals surface area contributed by atoms with Crippen molar-refractivity contribution >= 4 is 5.91 Å². The van der Waals surface area contributed by atoms with Crippen molar-refractivity contribution in [3.8, 4) is 0 Å². The van der Waals surface area contributed by atoms with E-state index in [0.717, 1.165) is 38.9 Å². The van der Waals surface area contributed by atoms with E-state index < -0.39 is 0 Å². The molecule has 0 aromatic carbocycles. The van der Waals surface area contributed by atoms with Crippen LogP contribution in [0.3, 0.4) is 0 Å². The van der Waals surface area contributed by atoms with Gasteiger partial charge in [0, 0.05) is 26.1 Å². The number of nitrogens with zero attached hydrogens (tertiary/aromatic N) is 1. The molecule has 2 rings (SSSR count). The highest BCUT2D eigenvalue weighted by Crippen LogP contribution is 2.37. The van der Waals surface area contributed by atoms with Gasteiger partial charge in [-0.15, -0.1) is 0 Å². The van der Waals surface area contributed by atoms with E-state index in [-0.39, 0.29) is 17.1 Å². The summed E-state index contributed by atoms with van der Waals surface area (Å²) in [7, 11) is 0. The van der Waals surface area contributed by atoms with Gasteiger partial charge in [-0.25, -0.2) is 0 Å². The molecule has 0 aromatic rings. The normalized spacial score (nSPS) is 29.6. The van der Waals surface area contributed by atoms with Crippen LogP contribution in [0.5, 0.6) is 0 Å². The average molecular weight is 282 g/mol. The smallest absolute Gasteiger partial charge is 0.219 e. The van der Waals surface area contributed by atoms with Gasteiger partial charge in [-0.1, -0.05) is 0 Å². The summed E-state index contributed by atoms with van der Waals surface area (Å²) in [6, 6.07) is 0.420. The van der Waals surface area contributed by atoms with Crippen molar-refractivity contribution < 1.29 is 9.53 Å². The molecule has 2 aliphatic rings. The van der Waals surface area contributed by atoms with Crippen LogP contribution in [-0.2, 0) is 9.53 Å². The molecule has 0 bridgehead atoms. The molecule has 1 atom stereocenters. The number of hydrogen-bond donors (Lipinski definition) is 1. The Hall–Kier alpha value is -0.610. The van der Waals surface area contributed by atoms with Gasteiger partial charge in [-0.05, 0) is 59.4 Å². The molecule has 0 spiro atoms. The van der Waals surface area contributed by atoms with Crippen LogP contribution in [0.25, 0.3) is 0 Å². The highest BCUT2D eigenvalue weighted by Gasteiger charge is 2.45. The number of rotatable bonds is 3. The number of carbonyl (C=O) groups is 1. The van der Waals surface area contributed by atoms with Crippen LogP contribution in [0, 0.1) is 5.92 Å². The Bertz CT molecular complexity index is 357. The van der Waals surface area contributed by atoms with E-state index in [1.807, 2.05) is 4.90 Å². The Labute approximate surface area is 123 Å². The lowest BCUT2D eigenvalue weighted by Crippen LogP contribution is -2.47. The lowest BCUT2D eigenvalue weighted by molar-refractivity contribution is -0.130. The summed E-state index contributed by atoms with van der Waals surface area (Å²) < 4.78 is 6.12. The zero-order valence-electron chi connectivity index (χ0n) is 13.7. The summed E-state index contributed by atoms with van der Waals surface area (Å²) in [5.41, 5.74) is -0.122. The van der Waals surface area contributed by atoms with Crippen molar-refractivity contribution in [1.29, 1.82) is 0 Å². The van der Waals surface area contributed by atoms with Gasteiger partial charge in [0.2, 0.25) is 5.91 Å². The van der Waals surface area contributed by atoms with Gasteiger partial charge in [0.15, 0.2) is 0 Å². The molecule has 4 heteroatoms. The average Bonchev–Trinajstić information content (AvgIpc) is 2.54. The maximum atomic E-state index is 11.3. The number of nitrogens with one attached hydrogen (secondary N) is 1. The summed E-state index contributed by atoms with van der Waals surface area (Å²) in [6.45, 7) is 13.2. The fourth-order valence-corrected chi connectivity index (χ4v) is 3.64. The number of piperidine rings is 1. The molecule has 2 heterocycles. The summed E-state index contributed by atoms with van der Waals surface area (Å²) in [5, 5.41) is 3.71. The van der Waals surface area contributed by atoms with Crippen LogP contribution >= 0.6 is 0 Å². The van der Waals surface area contributed by atoms with E-state index in [1.54, 1.807) is 6.92 Å². The first-order valence-electron chi connectivity index (χ1n) is 7.89. The van der Waals surface area contributed by atoms with E-state index >= 15 is 0 Å². The largest absolute Gasteiger partial charge is 0.368 e. The van der Waals surface area contributed by atoms with Gasteiger partial charge in [0.1, 0.15) is 0 Å². The molecule has 2 fully saturated rings. The first-order chi connectivity index (χ1) is 9.20. The fraction of sp³-hybridized carbons (Fsp3) is 0.938. The fourth-order valence-electron chi connectivity index (χ4n) is 3.64. The number of carbonyl (C=O) groups excluding carboxylic acids is 1. The van der Waals surface area contributed by atoms with Gasteiger partial charge in [-0.3, -0.25) is 4.79 Å². The number of amides is 1. The molecule has 1 unspecified atom stereocenters. The van der Waals surface area contributed by atoms with E-state index in [4.69, 9.17) is 4.74 Å². The standard InChI is InChI=1S/C16H30N2O2/c1-12(19)18-8-6-13(7-9-18)11-17-14-10-15(2,3)20-16(14,4)5/h13-14,17H,6-11H2,1-5H3. The Morgan fingerprint density at radius 3 is 2.30 bits per heavy atom.